The van der Waals surface area contributed by atoms with E-state index in [1.165, 1.54) is 29.6 Å². The molecule has 0 saturated heterocycles. The number of nitrogens with zero attached hydrogens (tertiary/aromatic N) is 5. The number of aromatic nitrogens is 5. The van der Waals surface area contributed by atoms with Crippen LogP contribution in [0.1, 0.15) is 43.7 Å². The minimum atomic E-state index is -1.25. The fourth-order valence-corrected chi connectivity index (χ4v) is 5.34. The molecule has 6 atom stereocenters. The molecule has 2 heterocycles. The third kappa shape index (κ3) is 5.30. The Morgan fingerprint density at radius 3 is 2.76 bits per heavy atom. The zero-order valence-corrected chi connectivity index (χ0v) is 21.6. The average molecular weight is 551 g/mol. The van der Waals surface area contributed by atoms with E-state index in [9.17, 15) is 23.8 Å². The van der Waals surface area contributed by atoms with Gasteiger partial charge in [-0.3, -0.25) is 0 Å². The predicted molar refractivity (Wildman–Crippen MR) is 133 cm³/mol. The standard InChI is InChI=1S/C24H28F2N6O5S/c1-3-6-38-24-28-22(27-15-8-12(15)11-4-5-13(25)14(26)7-11)19-23(29-24)32(31-30-19)16-9-17(21(35)20(16)34)37-10-18(33)36-2/h4-5,7,12,15-17,20-21,34-35H,3,6,8-10H2,1-2H3,(H,27,28,29)/t12-,15+,16+,17-,20-,21+/m0/s1. The Morgan fingerprint density at radius 1 is 1.21 bits per heavy atom. The van der Waals surface area contributed by atoms with Crippen molar-refractivity contribution < 1.29 is 33.3 Å². The summed E-state index contributed by atoms with van der Waals surface area (Å²) in [6.45, 7) is 1.68. The van der Waals surface area contributed by atoms with Crippen molar-refractivity contribution in [1.29, 1.82) is 0 Å². The molecule has 1 aromatic carbocycles. The van der Waals surface area contributed by atoms with Crippen LogP contribution in [0.3, 0.4) is 0 Å². The Balaban J connectivity index is 1.40. The number of carbonyl (C=O) groups is 1. The lowest BCUT2D eigenvalue weighted by atomic mass is 10.1. The largest absolute Gasteiger partial charge is 0.467 e. The lowest BCUT2D eigenvalue weighted by molar-refractivity contribution is -0.150. The van der Waals surface area contributed by atoms with Crippen LogP contribution >= 0.6 is 11.8 Å². The molecule has 2 aromatic heterocycles. The second-order valence-electron chi connectivity index (χ2n) is 9.39. The molecule has 0 radical (unpaired) electrons. The molecule has 3 aromatic rings. The van der Waals surface area contributed by atoms with Crippen LogP contribution in [-0.2, 0) is 14.3 Å². The number of hydrogen-bond donors (Lipinski definition) is 3. The highest BCUT2D eigenvalue weighted by atomic mass is 32.2. The fourth-order valence-electron chi connectivity index (χ4n) is 4.64. The highest BCUT2D eigenvalue weighted by Gasteiger charge is 2.45. The van der Waals surface area contributed by atoms with Gasteiger partial charge in [-0.2, -0.15) is 0 Å². The Morgan fingerprint density at radius 2 is 2.03 bits per heavy atom. The molecule has 0 amide bonds. The first-order chi connectivity index (χ1) is 18.3. The SMILES string of the molecule is CCCSc1nc(N[C@@H]2C[C@H]2c2ccc(F)c(F)c2)c2nnn([C@@H]3C[C@H](OCC(=O)OC)[C@@H](O)[C@H]3O)c2n1. The number of esters is 1. The summed E-state index contributed by atoms with van der Waals surface area (Å²) in [5, 5.41) is 33.6. The average Bonchev–Trinajstić information content (AvgIpc) is 3.46. The molecule has 2 aliphatic carbocycles. The van der Waals surface area contributed by atoms with Crippen LogP contribution in [0.25, 0.3) is 11.2 Å². The van der Waals surface area contributed by atoms with Crippen LogP contribution in [0.5, 0.6) is 0 Å². The van der Waals surface area contributed by atoms with Gasteiger partial charge in [0.25, 0.3) is 0 Å². The lowest BCUT2D eigenvalue weighted by Gasteiger charge is -2.17. The van der Waals surface area contributed by atoms with Gasteiger partial charge in [-0.15, -0.1) is 5.10 Å². The van der Waals surface area contributed by atoms with Crippen molar-refractivity contribution in [1.82, 2.24) is 25.0 Å². The summed E-state index contributed by atoms with van der Waals surface area (Å²) in [4.78, 5) is 20.7. The summed E-state index contributed by atoms with van der Waals surface area (Å²) >= 11 is 1.46. The molecule has 0 aliphatic heterocycles. The van der Waals surface area contributed by atoms with E-state index in [0.717, 1.165) is 18.2 Å². The Bertz CT molecular complexity index is 1330. The minimum absolute atomic E-state index is 0.0172. The first kappa shape index (κ1) is 26.7. The van der Waals surface area contributed by atoms with Gasteiger partial charge in [-0.1, -0.05) is 30.0 Å². The molecule has 0 spiro atoms. The molecular formula is C24H28F2N6O5S. The molecule has 2 fully saturated rings. The second-order valence-corrected chi connectivity index (χ2v) is 10.4. The zero-order valence-electron chi connectivity index (χ0n) is 20.8. The van der Waals surface area contributed by atoms with Crippen molar-refractivity contribution in [3.63, 3.8) is 0 Å². The molecule has 5 rings (SSSR count). The van der Waals surface area contributed by atoms with E-state index in [-0.39, 0.29) is 25.0 Å². The number of aliphatic hydroxyl groups excluding tert-OH is 2. The number of aliphatic hydroxyl groups is 2. The molecule has 0 unspecified atom stereocenters. The molecular weight excluding hydrogens is 522 g/mol. The number of benzene rings is 1. The Labute approximate surface area is 220 Å². The summed E-state index contributed by atoms with van der Waals surface area (Å²) in [5.74, 6) is -1.16. The van der Waals surface area contributed by atoms with Crippen molar-refractivity contribution in [2.75, 3.05) is 24.8 Å². The first-order valence-corrected chi connectivity index (χ1v) is 13.3. The molecule has 2 aliphatic rings. The van der Waals surface area contributed by atoms with Crippen LogP contribution in [0.15, 0.2) is 23.4 Å². The maximum atomic E-state index is 13.7. The number of halogens is 2. The maximum absolute atomic E-state index is 13.7. The molecule has 38 heavy (non-hydrogen) atoms. The predicted octanol–water partition coefficient (Wildman–Crippen LogP) is 2.19. The van der Waals surface area contributed by atoms with Crippen LogP contribution < -0.4 is 5.32 Å². The van der Waals surface area contributed by atoms with Crippen LogP contribution in [0.4, 0.5) is 14.6 Å². The molecule has 0 bridgehead atoms. The number of hydrogen-bond acceptors (Lipinski definition) is 11. The second kappa shape index (κ2) is 11.0. The van der Waals surface area contributed by atoms with Gasteiger partial charge in [0.1, 0.15) is 18.8 Å². The number of nitrogens with one attached hydrogen (secondary N) is 1. The van der Waals surface area contributed by atoms with Crippen LogP contribution in [-0.4, -0.2) is 85.0 Å². The van der Waals surface area contributed by atoms with Crippen molar-refractivity contribution in [3.05, 3.63) is 35.4 Å². The van der Waals surface area contributed by atoms with Crippen molar-refractivity contribution >= 4 is 34.7 Å². The minimum Gasteiger partial charge on any atom is -0.467 e. The molecule has 2 saturated carbocycles. The van der Waals surface area contributed by atoms with E-state index in [1.807, 2.05) is 6.92 Å². The van der Waals surface area contributed by atoms with Gasteiger partial charge in [0, 0.05) is 24.1 Å². The number of ether oxygens (including phenoxy) is 2. The Kier molecular flexibility index (Phi) is 7.75. The summed E-state index contributed by atoms with van der Waals surface area (Å²) in [6, 6.07) is 3.13. The van der Waals surface area contributed by atoms with Gasteiger partial charge in [0.15, 0.2) is 33.8 Å². The molecule has 204 valence electrons. The van der Waals surface area contributed by atoms with Crippen LogP contribution in [0, 0.1) is 11.6 Å². The van der Waals surface area contributed by atoms with Crippen molar-refractivity contribution in [3.8, 4) is 0 Å². The third-order valence-corrected chi connectivity index (χ3v) is 7.83. The normalized spacial score (nSPS) is 26.6. The Hall–Kier alpha value is -2.94. The number of fused-ring (bicyclic) bond motifs is 1. The van der Waals surface area contributed by atoms with Crippen molar-refractivity contribution in [2.45, 2.75) is 67.7 Å². The number of rotatable bonds is 10. The van der Waals surface area contributed by atoms with Crippen LogP contribution in [0.2, 0.25) is 0 Å². The summed E-state index contributed by atoms with van der Waals surface area (Å²) in [6.07, 6.45) is -1.52. The van der Waals surface area contributed by atoms with Gasteiger partial charge < -0.3 is 25.0 Å². The van der Waals surface area contributed by atoms with Gasteiger partial charge >= 0.3 is 5.97 Å². The van der Waals surface area contributed by atoms with Gasteiger partial charge in [0.2, 0.25) is 0 Å². The maximum Gasteiger partial charge on any atom is 0.331 e. The van der Waals surface area contributed by atoms with Gasteiger partial charge in [0.05, 0.1) is 19.3 Å². The number of carbonyl (C=O) groups excluding carboxylic acids is 1. The van der Waals surface area contributed by atoms with E-state index in [1.54, 1.807) is 6.07 Å². The first-order valence-electron chi connectivity index (χ1n) is 12.3. The summed E-state index contributed by atoms with van der Waals surface area (Å²) < 4.78 is 38.6. The monoisotopic (exact) mass is 550 g/mol. The highest BCUT2D eigenvalue weighted by molar-refractivity contribution is 7.99. The van der Waals surface area contributed by atoms with E-state index in [0.29, 0.717) is 34.1 Å². The van der Waals surface area contributed by atoms with E-state index in [4.69, 9.17) is 4.74 Å². The quantitative estimate of drug-likeness (QED) is 0.194. The smallest absolute Gasteiger partial charge is 0.331 e. The molecule has 11 nitrogen and oxygen atoms in total. The number of methoxy groups -OCH3 is 1. The van der Waals surface area contributed by atoms with E-state index >= 15 is 0 Å². The molecule has 14 heteroatoms. The lowest BCUT2D eigenvalue weighted by Crippen LogP contribution is -2.34. The van der Waals surface area contributed by atoms with E-state index in [2.05, 4.69) is 30.3 Å². The topological polar surface area (TPSA) is 145 Å². The van der Waals surface area contributed by atoms with Gasteiger partial charge in [-0.25, -0.2) is 28.2 Å². The summed E-state index contributed by atoms with van der Waals surface area (Å²) in [7, 11) is 1.23. The highest BCUT2D eigenvalue weighted by Crippen LogP contribution is 2.44. The van der Waals surface area contributed by atoms with Gasteiger partial charge in [-0.05, 0) is 30.5 Å². The number of thioether (sulfide) groups is 1. The summed E-state index contributed by atoms with van der Waals surface area (Å²) in [5.41, 5.74) is 1.44. The molecule has 3 N–H and O–H groups in total. The van der Waals surface area contributed by atoms with E-state index < -0.39 is 42.0 Å². The number of anilines is 1. The fraction of sp³-hybridized carbons (Fsp3) is 0.542. The third-order valence-electron chi connectivity index (χ3n) is 6.78. The van der Waals surface area contributed by atoms with Crippen molar-refractivity contribution in [2.24, 2.45) is 0 Å². The zero-order chi connectivity index (χ0) is 27.0.